The summed E-state index contributed by atoms with van der Waals surface area (Å²) in [6.45, 7) is -0.202. The van der Waals surface area contributed by atoms with Gasteiger partial charge in [0.15, 0.2) is 10.4 Å². The topological polar surface area (TPSA) is 89.8 Å². The molecule has 0 atom stereocenters. The van der Waals surface area contributed by atoms with Gasteiger partial charge in [0.2, 0.25) is 5.91 Å². The Bertz CT molecular complexity index is 714. The molecule has 23 heavy (non-hydrogen) atoms. The van der Waals surface area contributed by atoms with Crippen molar-refractivity contribution < 1.29 is 23.5 Å². The zero-order chi connectivity index (χ0) is 16.8. The van der Waals surface area contributed by atoms with Crippen LogP contribution in [-0.4, -0.2) is 32.6 Å². The van der Waals surface area contributed by atoms with E-state index in [2.05, 4.69) is 26.6 Å². The van der Waals surface area contributed by atoms with E-state index < -0.39 is 11.8 Å². The lowest BCUT2D eigenvalue weighted by Crippen LogP contribution is -2.32. The van der Waals surface area contributed by atoms with E-state index in [9.17, 15) is 9.59 Å². The predicted octanol–water partition coefficient (Wildman–Crippen LogP) is 2.43. The summed E-state index contributed by atoms with van der Waals surface area (Å²) >= 11 is 3.10. The minimum Gasteiger partial charge on any atom is -0.497 e. The average molecular weight is 383 g/mol. The molecule has 0 aliphatic carbocycles. The molecule has 8 heteroatoms. The molecule has 0 aliphatic rings. The van der Waals surface area contributed by atoms with Gasteiger partial charge in [-0.15, -0.1) is 0 Å². The van der Waals surface area contributed by atoms with Crippen molar-refractivity contribution in [2.75, 3.05) is 26.1 Å². The van der Waals surface area contributed by atoms with Crippen LogP contribution in [-0.2, 0) is 4.79 Å². The minimum atomic E-state index is -0.479. The van der Waals surface area contributed by atoms with Gasteiger partial charge in [0.05, 0.1) is 26.5 Å². The molecule has 0 unspecified atom stereocenters. The number of hydrogen-bond donors (Lipinski definition) is 2. The van der Waals surface area contributed by atoms with Crippen LogP contribution in [0.1, 0.15) is 10.6 Å². The summed E-state index contributed by atoms with van der Waals surface area (Å²) in [5.74, 6) is 0.308. The van der Waals surface area contributed by atoms with Crippen LogP contribution in [0, 0.1) is 0 Å². The Kier molecular flexibility index (Phi) is 5.64. The SMILES string of the molecule is COc1ccc(NC(=O)CNC(=O)c2ccc(Br)o2)c(OC)c1. The van der Waals surface area contributed by atoms with Crippen LogP contribution in [0.3, 0.4) is 0 Å². The van der Waals surface area contributed by atoms with Gasteiger partial charge in [-0.25, -0.2) is 0 Å². The van der Waals surface area contributed by atoms with Gasteiger partial charge in [0.25, 0.3) is 5.91 Å². The standard InChI is InChI=1S/C15H15BrN2O5/c1-21-9-3-4-10(12(7-9)22-2)18-14(19)8-17-15(20)11-5-6-13(16)23-11/h3-7H,8H2,1-2H3,(H,17,20)(H,18,19). The van der Waals surface area contributed by atoms with Crippen LogP contribution >= 0.6 is 15.9 Å². The molecule has 7 nitrogen and oxygen atoms in total. The molecule has 0 aliphatic heterocycles. The Hall–Kier alpha value is -2.48. The third-order valence-electron chi connectivity index (χ3n) is 2.89. The van der Waals surface area contributed by atoms with Crippen molar-refractivity contribution in [1.82, 2.24) is 5.32 Å². The number of carbonyl (C=O) groups excluding carboxylic acids is 2. The first-order chi connectivity index (χ1) is 11.0. The Morgan fingerprint density at radius 2 is 1.96 bits per heavy atom. The Labute approximate surface area is 141 Å². The number of furan rings is 1. The number of halogens is 1. The summed E-state index contributed by atoms with van der Waals surface area (Å²) in [5, 5.41) is 5.11. The molecule has 0 saturated heterocycles. The number of nitrogens with one attached hydrogen (secondary N) is 2. The molecule has 0 spiro atoms. The van der Waals surface area contributed by atoms with Gasteiger partial charge in [-0.05, 0) is 40.2 Å². The maximum atomic E-state index is 11.9. The summed E-state index contributed by atoms with van der Waals surface area (Å²) in [5.41, 5.74) is 0.480. The molecule has 1 aromatic carbocycles. The fourth-order valence-corrected chi connectivity index (χ4v) is 2.09. The van der Waals surface area contributed by atoms with E-state index in [0.717, 1.165) is 0 Å². The van der Waals surface area contributed by atoms with Crippen molar-refractivity contribution in [3.63, 3.8) is 0 Å². The second-order valence-corrected chi connectivity index (χ2v) is 5.18. The largest absolute Gasteiger partial charge is 0.497 e. The van der Waals surface area contributed by atoms with Crippen molar-refractivity contribution in [2.24, 2.45) is 0 Å². The first kappa shape index (κ1) is 16.9. The molecule has 2 aromatic rings. The second kappa shape index (κ2) is 7.68. The first-order valence-electron chi connectivity index (χ1n) is 6.59. The Morgan fingerprint density at radius 3 is 2.57 bits per heavy atom. The molecule has 0 fully saturated rings. The fourth-order valence-electron chi connectivity index (χ4n) is 1.78. The molecule has 0 radical (unpaired) electrons. The van der Waals surface area contributed by atoms with E-state index in [1.165, 1.54) is 20.3 Å². The van der Waals surface area contributed by atoms with E-state index in [1.54, 1.807) is 24.3 Å². The number of carbonyl (C=O) groups is 2. The molecule has 1 heterocycles. The smallest absolute Gasteiger partial charge is 0.287 e. The zero-order valence-corrected chi connectivity index (χ0v) is 14.1. The van der Waals surface area contributed by atoms with Crippen LogP contribution in [0.15, 0.2) is 39.4 Å². The summed E-state index contributed by atoms with van der Waals surface area (Å²) in [6.07, 6.45) is 0. The van der Waals surface area contributed by atoms with Crippen molar-refractivity contribution in [3.05, 3.63) is 40.8 Å². The lowest BCUT2D eigenvalue weighted by atomic mass is 10.2. The molecular formula is C15H15BrN2O5. The number of ether oxygens (including phenoxy) is 2. The number of rotatable bonds is 6. The zero-order valence-electron chi connectivity index (χ0n) is 12.5. The molecule has 0 bridgehead atoms. The van der Waals surface area contributed by atoms with Gasteiger partial charge >= 0.3 is 0 Å². The van der Waals surface area contributed by atoms with E-state index in [0.29, 0.717) is 21.9 Å². The van der Waals surface area contributed by atoms with Crippen LogP contribution in [0.25, 0.3) is 0 Å². The highest BCUT2D eigenvalue weighted by molar-refractivity contribution is 9.10. The summed E-state index contributed by atoms with van der Waals surface area (Å²) in [4.78, 5) is 23.7. The molecule has 122 valence electrons. The van der Waals surface area contributed by atoms with Gasteiger partial charge in [-0.1, -0.05) is 0 Å². The van der Waals surface area contributed by atoms with E-state index in [4.69, 9.17) is 13.9 Å². The summed E-state index contributed by atoms with van der Waals surface area (Å²) in [7, 11) is 3.02. The molecule has 1 aromatic heterocycles. The highest BCUT2D eigenvalue weighted by Crippen LogP contribution is 2.28. The van der Waals surface area contributed by atoms with Crippen LogP contribution in [0.4, 0.5) is 5.69 Å². The minimum absolute atomic E-state index is 0.117. The van der Waals surface area contributed by atoms with Gasteiger partial charge < -0.3 is 24.5 Å². The van der Waals surface area contributed by atoms with Crippen molar-refractivity contribution >= 4 is 33.4 Å². The lowest BCUT2D eigenvalue weighted by Gasteiger charge is -2.11. The predicted molar refractivity (Wildman–Crippen MR) is 86.9 cm³/mol. The van der Waals surface area contributed by atoms with Crippen LogP contribution in [0.2, 0.25) is 0 Å². The summed E-state index contributed by atoms with van der Waals surface area (Å²) in [6, 6.07) is 8.09. The van der Waals surface area contributed by atoms with E-state index >= 15 is 0 Å². The highest BCUT2D eigenvalue weighted by atomic mass is 79.9. The maximum Gasteiger partial charge on any atom is 0.287 e. The fraction of sp³-hybridized carbons (Fsp3) is 0.200. The average Bonchev–Trinajstić information content (AvgIpc) is 2.99. The van der Waals surface area contributed by atoms with Crippen molar-refractivity contribution in [1.29, 1.82) is 0 Å². The van der Waals surface area contributed by atoms with Crippen molar-refractivity contribution in [2.45, 2.75) is 0 Å². The van der Waals surface area contributed by atoms with Crippen LogP contribution in [0.5, 0.6) is 11.5 Å². The van der Waals surface area contributed by atoms with Gasteiger partial charge in [-0.3, -0.25) is 9.59 Å². The number of methoxy groups -OCH3 is 2. The number of anilines is 1. The van der Waals surface area contributed by atoms with Crippen LogP contribution < -0.4 is 20.1 Å². The molecule has 0 saturated carbocycles. The monoisotopic (exact) mass is 382 g/mol. The lowest BCUT2D eigenvalue weighted by molar-refractivity contribution is -0.115. The molecule has 2 rings (SSSR count). The normalized spacial score (nSPS) is 10.0. The highest BCUT2D eigenvalue weighted by Gasteiger charge is 2.13. The van der Waals surface area contributed by atoms with Crippen molar-refractivity contribution in [3.8, 4) is 11.5 Å². The third kappa shape index (κ3) is 4.49. The third-order valence-corrected chi connectivity index (χ3v) is 3.32. The molecule has 2 amide bonds. The summed E-state index contributed by atoms with van der Waals surface area (Å²) < 4.78 is 15.8. The molecular weight excluding hydrogens is 368 g/mol. The van der Waals surface area contributed by atoms with E-state index in [-0.39, 0.29) is 12.3 Å². The Morgan fingerprint density at radius 1 is 1.17 bits per heavy atom. The quantitative estimate of drug-likeness (QED) is 0.800. The Balaban J connectivity index is 1.93. The second-order valence-electron chi connectivity index (χ2n) is 4.40. The number of amides is 2. The van der Waals surface area contributed by atoms with E-state index in [1.807, 2.05) is 0 Å². The molecule has 2 N–H and O–H groups in total. The first-order valence-corrected chi connectivity index (χ1v) is 7.38. The van der Waals surface area contributed by atoms with Gasteiger partial charge in [0.1, 0.15) is 11.5 Å². The van der Waals surface area contributed by atoms with Gasteiger partial charge in [-0.2, -0.15) is 0 Å². The number of benzene rings is 1. The number of hydrogen-bond acceptors (Lipinski definition) is 5. The van der Waals surface area contributed by atoms with Gasteiger partial charge in [0, 0.05) is 6.07 Å². The maximum absolute atomic E-state index is 11.9.